The van der Waals surface area contributed by atoms with Gasteiger partial charge in [-0.3, -0.25) is 9.59 Å². The third kappa shape index (κ3) is 2.80. The molecule has 4 rings (SSSR count). The molecule has 2 aromatic heterocycles. The second-order valence-electron chi connectivity index (χ2n) is 6.12. The van der Waals surface area contributed by atoms with E-state index in [-0.39, 0.29) is 18.4 Å². The number of hydrogen-bond donors (Lipinski definition) is 1. The van der Waals surface area contributed by atoms with Gasteiger partial charge in [0.1, 0.15) is 11.3 Å². The van der Waals surface area contributed by atoms with E-state index < -0.39 is 0 Å². The topological polar surface area (TPSA) is 80.1 Å². The molecule has 8 heteroatoms. The number of piperazine rings is 1. The quantitative estimate of drug-likeness (QED) is 0.747. The number of nitrogens with zero attached hydrogens (tertiary/aromatic N) is 4. The summed E-state index contributed by atoms with van der Waals surface area (Å²) in [7, 11) is 1.86. The largest absolute Gasteiger partial charge is 0.353 e. The highest BCUT2D eigenvalue weighted by atomic mass is 35.5. The van der Waals surface area contributed by atoms with Crippen LogP contribution in [-0.4, -0.2) is 50.9 Å². The number of amides is 2. The molecule has 7 nitrogen and oxygen atoms in total. The van der Waals surface area contributed by atoms with Crippen LogP contribution in [0, 0.1) is 0 Å². The Bertz CT molecular complexity index is 1030. The lowest BCUT2D eigenvalue weighted by Gasteiger charge is -2.26. The van der Waals surface area contributed by atoms with Crippen molar-refractivity contribution in [3.8, 4) is 11.4 Å². The predicted molar refractivity (Wildman–Crippen MR) is 97.9 cm³/mol. The third-order valence-electron chi connectivity index (χ3n) is 4.40. The number of pyridine rings is 1. The normalized spacial score (nSPS) is 14.5. The zero-order valence-corrected chi connectivity index (χ0v) is 14.8. The summed E-state index contributed by atoms with van der Waals surface area (Å²) in [6.45, 7) is 1.00. The fourth-order valence-corrected chi connectivity index (χ4v) is 3.29. The first-order valence-electron chi connectivity index (χ1n) is 8.18. The number of aryl methyl sites for hydroxylation is 1. The molecule has 0 atom stereocenters. The molecule has 3 aromatic rings. The van der Waals surface area contributed by atoms with E-state index in [0.29, 0.717) is 40.7 Å². The Morgan fingerprint density at radius 1 is 1.31 bits per heavy atom. The van der Waals surface area contributed by atoms with Crippen molar-refractivity contribution in [3.05, 3.63) is 47.1 Å². The number of carbonyl (C=O) groups is 2. The first-order valence-corrected chi connectivity index (χ1v) is 8.56. The van der Waals surface area contributed by atoms with Gasteiger partial charge in [0, 0.05) is 31.9 Å². The van der Waals surface area contributed by atoms with Gasteiger partial charge in [0.25, 0.3) is 5.91 Å². The maximum absolute atomic E-state index is 12.7. The van der Waals surface area contributed by atoms with Gasteiger partial charge in [0.15, 0.2) is 5.65 Å². The third-order valence-corrected chi connectivity index (χ3v) is 4.73. The zero-order valence-electron chi connectivity index (χ0n) is 14.1. The number of halogens is 1. The van der Waals surface area contributed by atoms with Crippen LogP contribution < -0.4 is 5.32 Å². The molecule has 1 N–H and O–H groups in total. The molecule has 2 amide bonds. The van der Waals surface area contributed by atoms with Gasteiger partial charge in [-0.05, 0) is 18.2 Å². The summed E-state index contributed by atoms with van der Waals surface area (Å²) in [5.41, 5.74) is 2.48. The number of aromatic nitrogens is 3. The highest BCUT2D eigenvalue weighted by Crippen LogP contribution is 2.29. The van der Waals surface area contributed by atoms with Gasteiger partial charge in [-0.25, -0.2) is 9.97 Å². The summed E-state index contributed by atoms with van der Waals surface area (Å²) < 4.78 is 1.85. The Kier molecular flexibility index (Phi) is 4.08. The molecule has 1 fully saturated rings. The van der Waals surface area contributed by atoms with Crippen LogP contribution in [0.5, 0.6) is 0 Å². The van der Waals surface area contributed by atoms with E-state index in [1.54, 1.807) is 12.1 Å². The van der Waals surface area contributed by atoms with Gasteiger partial charge in [-0.15, -0.1) is 0 Å². The summed E-state index contributed by atoms with van der Waals surface area (Å²) in [5.74, 6) is 0.303. The second-order valence-corrected chi connectivity index (χ2v) is 6.52. The minimum Gasteiger partial charge on any atom is -0.353 e. The Hall–Kier alpha value is -2.93. The van der Waals surface area contributed by atoms with E-state index in [2.05, 4.69) is 15.3 Å². The molecule has 26 heavy (non-hydrogen) atoms. The van der Waals surface area contributed by atoms with Crippen LogP contribution in [-0.2, 0) is 11.8 Å². The van der Waals surface area contributed by atoms with E-state index in [9.17, 15) is 9.59 Å². The van der Waals surface area contributed by atoms with E-state index in [1.165, 1.54) is 11.1 Å². The molecule has 1 saturated heterocycles. The van der Waals surface area contributed by atoms with Crippen molar-refractivity contribution in [2.45, 2.75) is 0 Å². The van der Waals surface area contributed by atoms with Crippen molar-refractivity contribution in [2.24, 2.45) is 7.05 Å². The summed E-state index contributed by atoms with van der Waals surface area (Å²) in [6.07, 6.45) is 1.52. The van der Waals surface area contributed by atoms with Gasteiger partial charge in [0.2, 0.25) is 5.91 Å². The van der Waals surface area contributed by atoms with Crippen LogP contribution in [0.25, 0.3) is 22.6 Å². The standard InChI is InChI=1S/C18H16ClN5O2/c1-23-16(12-4-2-3-5-13(12)19)22-14-8-11(9-21-17(14)23)18(26)24-7-6-20-15(25)10-24/h2-5,8-9H,6-7,10H2,1H3,(H,20,25). The number of nitrogens with one attached hydrogen (secondary N) is 1. The molecular formula is C18H16ClN5O2. The van der Waals surface area contributed by atoms with Crippen LogP contribution in [0.15, 0.2) is 36.5 Å². The average Bonchev–Trinajstić information content (AvgIpc) is 2.97. The smallest absolute Gasteiger partial charge is 0.256 e. The number of carbonyl (C=O) groups excluding carboxylic acids is 2. The second kappa shape index (κ2) is 6.42. The lowest BCUT2D eigenvalue weighted by molar-refractivity contribution is -0.123. The number of rotatable bonds is 2. The van der Waals surface area contributed by atoms with Gasteiger partial charge in [-0.1, -0.05) is 23.7 Å². The Morgan fingerprint density at radius 2 is 2.12 bits per heavy atom. The van der Waals surface area contributed by atoms with Crippen molar-refractivity contribution in [2.75, 3.05) is 19.6 Å². The molecule has 132 valence electrons. The highest BCUT2D eigenvalue weighted by Gasteiger charge is 2.23. The van der Waals surface area contributed by atoms with E-state index in [4.69, 9.17) is 11.6 Å². The van der Waals surface area contributed by atoms with E-state index >= 15 is 0 Å². The lowest BCUT2D eigenvalue weighted by Crippen LogP contribution is -2.49. The first-order chi connectivity index (χ1) is 12.5. The molecular weight excluding hydrogens is 354 g/mol. The van der Waals surface area contributed by atoms with Crippen molar-refractivity contribution < 1.29 is 9.59 Å². The molecule has 3 heterocycles. The molecule has 0 radical (unpaired) electrons. The van der Waals surface area contributed by atoms with Gasteiger partial charge in [0.05, 0.1) is 17.1 Å². The SMILES string of the molecule is Cn1c(-c2ccccc2Cl)nc2cc(C(=O)N3CCNC(=O)C3)cnc21. The summed E-state index contributed by atoms with van der Waals surface area (Å²) in [6, 6.07) is 9.15. The van der Waals surface area contributed by atoms with Crippen LogP contribution in [0.3, 0.4) is 0 Å². The number of fused-ring (bicyclic) bond motifs is 1. The van der Waals surface area contributed by atoms with Crippen LogP contribution in [0.1, 0.15) is 10.4 Å². The number of benzene rings is 1. The van der Waals surface area contributed by atoms with Gasteiger partial charge >= 0.3 is 0 Å². The Balaban J connectivity index is 1.73. The van der Waals surface area contributed by atoms with Crippen molar-refractivity contribution in [1.82, 2.24) is 24.8 Å². The molecule has 0 spiro atoms. The van der Waals surface area contributed by atoms with Crippen LogP contribution >= 0.6 is 11.6 Å². The molecule has 1 aliphatic rings. The molecule has 0 unspecified atom stereocenters. The fourth-order valence-electron chi connectivity index (χ4n) is 3.07. The van der Waals surface area contributed by atoms with Crippen molar-refractivity contribution in [3.63, 3.8) is 0 Å². The predicted octanol–water partition coefficient (Wildman–Crippen LogP) is 1.86. The highest BCUT2D eigenvalue weighted by molar-refractivity contribution is 6.33. The van der Waals surface area contributed by atoms with E-state index in [0.717, 1.165) is 5.56 Å². The molecule has 1 aliphatic heterocycles. The number of hydrogen-bond acceptors (Lipinski definition) is 4. The average molecular weight is 370 g/mol. The van der Waals surface area contributed by atoms with Crippen molar-refractivity contribution in [1.29, 1.82) is 0 Å². The minimum absolute atomic E-state index is 0.0595. The molecule has 0 aliphatic carbocycles. The Labute approximate surface area is 154 Å². The molecule has 0 saturated carbocycles. The van der Waals surface area contributed by atoms with E-state index in [1.807, 2.05) is 29.8 Å². The summed E-state index contributed by atoms with van der Waals surface area (Å²) in [5, 5.41) is 3.30. The molecule has 0 bridgehead atoms. The monoisotopic (exact) mass is 369 g/mol. The summed E-state index contributed by atoms with van der Waals surface area (Å²) in [4.78, 5) is 34.7. The Morgan fingerprint density at radius 3 is 2.88 bits per heavy atom. The van der Waals surface area contributed by atoms with Gasteiger partial charge < -0.3 is 14.8 Å². The summed E-state index contributed by atoms with van der Waals surface area (Å²) >= 11 is 6.28. The minimum atomic E-state index is -0.223. The lowest BCUT2D eigenvalue weighted by atomic mass is 10.2. The molecule has 1 aromatic carbocycles. The maximum Gasteiger partial charge on any atom is 0.256 e. The van der Waals surface area contributed by atoms with Crippen LogP contribution in [0.2, 0.25) is 5.02 Å². The van der Waals surface area contributed by atoms with Crippen LogP contribution in [0.4, 0.5) is 0 Å². The zero-order chi connectivity index (χ0) is 18.3. The maximum atomic E-state index is 12.7. The fraction of sp³-hybridized carbons (Fsp3) is 0.222. The van der Waals surface area contributed by atoms with Gasteiger partial charge in [-0.2, -0.15) is 0 Å². The van der Waals surface area contributed by atoms with Crippen molar-refractivity contribution >= 4 is 34.6 Å². The first kappa shape index (κ1) is 16.5. The number of imidazole rings is 1.